The Morgan fingerprint density at radius 3 is 2.47 bits per heavy atom. The molecule has 10 heteroatoms. The normalized spacial score (nSPS) is 12.1. The van der Waals surface area contributed by atoms with Crippen LogP contribution in [0.2, 0.25) is 0 Å². The minimum absolute atomic E-state index is 0.0163. The molecule has 0 bridgehead atoms. The molecule has 1 amide bonds. The summed E-state index contributed by atoms with van der Waals surface area (Å²) in [6, 6.07) is 11.6. The second-order valence-electron chi connectivity index (χ2n) is 13.1. The van der Waals surface area contributed by atoms with Gasteiger partial charge in [-0.15, -0.1) is 0 Å². The third kappa shape index (κ3) is 10.6. The van der Waals surface area contributed by atoms with Gasteiger partial charge in [0.05, 0.1) is 43.6 Å². The van der Waals surface area contributed by atoms with Gasteiger partial charge in [-0.05, 0) is 61.7 Å². The number of nitrogens with one attached hydrogen (secondary N) is 2. The Labute approximate surface area is 279 Å². The second-order valence-corrected chi connectivity index (χ2v) is 13.1. The van der Waals surface area contributed by atoms with E-state index in [0.717, 1.165) is 41.8 Å². The first kappa shape index (κ1) is 37.2. The summed E-state index contributed by atoms with van der Waals surface area (Å²) in [6.07, 6.45) is 4.16. The van der Waals surface area contributed by atoms with Gasteiger partial charge in [-0.3, -0.25) is 4.79 Å². The fourth-order valence-corrected chi connectivity index (χ4v) is 5.02. The third-order valence-electron chi connectivity index (χ3n) is 7.37. The molecule has 47 heavy (non-hydrogen) atoms. The molecular formula is C37H51FN6O3. The highest BCUT2D eigenvalue weighted by Gasteiger charge is 2.22. The minimum Gasteiger partial charge on any atom is -0.494 e. The van der Waals surface area contributed by atoms with E-state index in [0.29, 0.717) is 42.5 Å². The molecule has 2 aromatic carbocycles. The number of aryl methyl sites for hydroxylation is 1. The highest BCUT2D eigenvalue weighted by molar-refractivity contribution is 6.02. The first-order valence-corrected chi connectivity index (χ1v) is 15.9. The number of benzene rings is 2. The number of methoxy groups -OCH3 is 1. The van der Waals surface area contributed by atoms with Crippen LogP contribution in [-0.2, 0) is 16.0 Å². The second kappa shape index (κ2) is 17.0. The molecule has 254 valence electrons. The van der Waals surface area contributed by atoms with Gasteiger partial charge in [0, 0.05) is 31.8 Å². The van der Waals surface area contributed by atoms with Crippen LogP contribution in [0.15, 0.2) is 60.8 Å². The lowest BCUT2D eigenvalue weighted by Gasteiger charge is -2.26. The van der Waals surface area contributed by atoms with Gasteiger partial charge in [0.1, 0.15) is 11.4 Å². The number of amides is 1. The van der Waals surface area contributed by atoms with E-state index in [-0.39, 0.29) is 23.0 Å². The molecule has 0 saturated carbocycles. The van der Waals surface area contributed by atoms with Gasteiger partial charge in [-0.25, -0.2) is 14.4 Å². The molecule has 0 saturated heterocycles. The molecule has 3 rings (SSSR count). The molecule has 0 spiro atoms. The van der Waals surface area contributed by atoms with Gasteiger partial charge in [0.15, 0.2) is 5.82 Å². The number of ether oxygens (including phenoxy) is 2. The molecule has 9 nitrogen and oxygen atoms in total. The maximum Gasteiger partial charge on any atom is 0.247 e. The summed E-state index contributed by atoms with van der Waals surface area (Å²) in [4.78, 5) is 25.5. The van der Waals surface area contributed by atoms with E-state index in [9.17, 15) is 4.79 Å². The van der Waals surface area contributed by atoms with Crippen molar-refractivity contribution in [2.45, 2.75) is 47.5 Å². The third-order valence-corrected chi connectivity index (χ3v) is 7.37. The topological polar surface area (TPSA) is 91.8 Å². The first-order valence-electron chi connectivity index (χ1n) is 15.9. The lowest BCUT2D eigenvalue weighted by molar-refractivity contribution is -0.111. The van der Waals surface area contributed by atoms with E-state index < -0.39 is 5.82 Å². The van der Waals surface area contributed by atoms with Gasteiger partial charge in [-0.1, -0.05) is 65.0 Å². The Morgan fingerprint density at radius 1 is 1.11 bits per heavy atom. The lowest BCUT2D eigenvalue weighted by atomic mass is 9.91. The molecule has 1 heterocycles. The summed E-state index contributed by atoms with van der Waals surface area (Å²) >= 11 is 0. The number of likely N-dealkylation sites (N-methyl/N-ethyl adjacent to an activating group) is 2. The molecule has 0 radical (unpaired) electrons. The molecule has 0 aliphatic carbocycles. The number of rotatable bonds is 16. The van der Waals surface area contributed by atoms with E-state index in [4.69, 9.17) is 14.5 Å². The number of hydrogen-bond acceptors (Lipinski definition) is 8. The summed E-state index contributed by atoms with van der Waals surface area (Å²) in [5, 5.41) is 6.12. The average Bonchev–Trinajstić information content (AvgIpc) is 3.01. The lowest BCUT2D eigenvalue weighted by Crippen LogP contribution is -2.29. The van der Waals surface area contributed by atoms with Crippen molar-refractivity contribution in [1.82, 2.24) is 14.9 Å². The van der Waals surface area contributed by atoms with Crippen LogP contribution in [0.25, 0.3) is 5.57 Å². The Kier molecular flexibility index (Phi) is 13.5. The van der Waals surface area contributed by atoms with Crippen molar-refractivity contribution in [2.24, 2.45) is 5.41 Å². The summed E-state index contributed by atoms with van der Waals surface area (Å²) < 4.78 is 27.6. The van der Waals surface area contributed by atoms with Gasteiger partial charge >= 0.3 is 0 Å². The standard InChI is InChI=1S/C37H51FN6O3/c1-11-15-26-16-13-14-17-27(26)34(25(3)23-47-24-37(4,5)6)35-28(38)22-39-36(42-35)41-30-20-29(40-33(45)12-2)31(21-32(30)46-10)44(9)19-18-43(7)8/h12-14,16-17,20-22H,2,11,15,18-19,23-24H2,1,3-10H3,(H,40,45)(H,39,41,42)/b34-25-. The molecular weight excluding hydrogens is 595 g/mol. The Bertz CT molecular complexity index is 1560. The number of hydrogen-bond donors (Lipinski definition) is 2. The van der Waals surface area contributed by atoms with E-state index in [1.807, 2.05) is 57.2 Å². The van der Waals surface area contributed by atoms with Crippen LogP contribution in [-0.4, -0.2) is 75.3 Å². The Balaban J connectivity index is 2.13. The summed E-state index contributed by atoms with van der Waals surface area (Å²) in [5.41, 5.74) is 5.50. The van der Waals surface area contributed by atoms with Crippen molar-refractivity contribution >= 4 is 34.5 Å². The van der Waals surface area contributed by atoms with Crippen molar-refractivity contribution < 1.29 is 18.7 Å². The number of carbonyl (C=O) groups is 1. The van der Waals surface area contributed by atoms with E-state index >= 15 is 4.39 Å². The number of carbonyl (C=O) groups excluding carboxylic acids is 1. The van der Waals surface area contributed by atoms with Gasteiger partial charge in [-0.2, -0.15) is 0 Å². The van der Waals surface area contributed by atoms with Gasteiger partial charge in [0.25, 0.3) is 0 Å². The molecule has 0 unspecified atom stereocenters. The molecule has 0 aliphatic rings. The molecule has 0 atom stereocenters. The number of halogens is 1. The summed E-state index contributed by atoms with van der Waals surface area (Å²) in [6.45, 7) is 16.4. The zero-order valence-electron chi connectivity index (χ0n) is 29.5. The summed E-state index contributed by atoms with van der Waals surface area (Å²) in [7, 11) is 7.52. The SMILES string of the molecule is C=CC(=O)Nc1cc(Nc2ncc(F)c(/C(=C(/C)COCC(C)(C)C)c3ccccc3CCC)n2)c(OC)cc1N(C)CCN(C)C. The van der Waals surface area contributed by atoms with Gasteiger partial charge < -0.3 is 29.9 Å². The molecule has 3 aromatic rings. The molecule has 0 fully saturated rings. The maximum atomic E-state index is 15.8. The highest BCUT2D eigenvalue weighted by atomic mass is 19.1. The molecule has 0 aliphatic heterocycles. The monoisotopic (exact) mass is 646 g/mol. The fraction of sp³-hybridized carbons (Fsp3) is 0.432. The number of anilines is 4. The van der Waals surface area contributed by atoms with E-state index in [1.54, 1.807) is 13.2 Å². The largest absolute Gasteiger partial charge is 0.494 e. The van der Waals surface area contributed by atoms with Crippen molar-refractivity contribution in [2.75, 3.05) is 70.1 Å². The fourth-order valence-electron chi connectivity index (χ4n) is 5.02. The Morgan fingerprint density at radius 2 is 1.83 bits per heavy atom. The predicted octanol–water partition coefficient (Wildman–Crippen LogP) is 7.33. The van der Waals surface area contributed by atoms with Crippen LogP contribution < -0.4 is 20.3 Å². The Hall–Kier alpha value is -4.28. The van der Waals surface area contributed by atoms with Crippen LogP contribution in [0.5, 0.6) is 5.75 Å². The number of aromatic nitrogens is 2. The quantitative estimate of drug-likeness (QED) is 0.156. The first-order chi connectivity index (χ1) is 22.3. The van der Waals surface area contributed by atoms with Crippen molar-refractivity contribution in [1.29, 1.82) is 0 Å². The molecule has 1 aromatic heterocycles. The van der Waals surface area contributed by atoms with Gasteiger partial charge in [0.2, 0.25) is 11.9 Å². The van der Waals surface area contributed by atoms with Crippen LogP contribution in [0.3, 0.4) is 0 Å². The summed E-state index contributed by atoms with van der Waals surface area (Å²) in [5.74, 6) is -0.231. The maximum absolute atomic E-state index is 15.8. The van der Waals surface area contributed by atoms with Crippen molar-refractivity contribution in [3.05, 3.63) is 83.5 Å². The highest BCUT2D eigenvalue weighted by Crippen LogP contribution is 2.38. The molecule has 2 N–H and O–H groups in total. The van der Waals surface area contributed by atoms with E-state index in [1.165, 1.54) is 12.3 Å². The van der Waals surface area contributed by atoms with Crippen LogP contribution in [0, 0.1) is 11.2 Å². The predicted molar refractivity (Wildman–Crippen MR) is 191 cm³/mol. The smallest absolute Gasteiger partial charge is 0.247 e. The van der Waals surface area contributed by atoms with Crippen LogP contribution in [0.1, 0.15) is 57.9 Å². The van der Waals surface area contributed by atoms with Crippen molar-refractivity contribution in [3.63, 3.8) is 0 Å². The van der Waals surface area contributed by atoms with Crippen LogP contribution in [0.4, 0.5) is 27.4 Å². The average molecular weight is 647 g/mol. The zero-order chi connectivity index (χ0) is 34.7. The zero-order valence-corrected chi connectivity index (χ0v) is 29.5. The van der Waals surface area contributed by atoms with Crippen LogP contribution >= 0.6 is 0 Å². The van der Waals surface area contributed by atoms with E-state index in [2.05, 4.69) is 60.9 Å². The minimum atomic E-state index is -0.546. The number of nitrogens with zero attached hydrogens (tertiary/aromatic N) is 4. The van der Waals surface area contributed by atoms with Crippen molar-refractivity contribution in [3.8, 4) is 5.75 Å².